The first-order chi connectivity index (χ1) is 7.45. The SMILES string of the molecule is NC1CC(Oc2cccc(C(F)(F)F)c2)C1. The number of nitrogens with two attached hydrogens (primary N) is 1. The molecule has 0 unspecified atom stereocenters. The van der Waals surface area contributed by atoms with Crippen LogP contribution in [0.15, 0.2) is 24.3 Å². The van der Waals surface area contributed by atoms with Crippen molar-refractivity contribution < 1.29 is 17.9 Å². The molecule has 1 aromatic carbocycles. The molecule has 1 fully saturated rings. The topological polar surface area (TPSA) is 35.2 Å². The zero-order valence-corrected chi connectivity index (χ0v) is 8.50. The Morgan fingerprint density at radius 3 is 2.50 bits per heavy atom. The summed E-state index contributed by atoms with van der Waals surface area (Å²) in [5.74, 6) is 0.256. The third-order valence-corrected chi connectivity index (χ3v) is 2.60. The van der Waals surface area contributed by atoms with Gasteiger partial charge in [0.25, 0.3) is 0 Å². The standard InChI is InChI=1S/C11H12F3NO/c12-11(13,14)7-2-1-3-9(4-7)16-10-5-8(15)6-10/h1-4,8,10H,5-6,15H2. The fraction of sp³-hybridized carbons (Fsp3) is 0.455. The van der Waals surface area contributed by atoms with Crippen LogP contribution >= 0.6 is 0 Å². The van der Waals surface area contributed by atoms with E-state index in [0.29, 0.717) is 12.8 Å². The van der Waals surface area contributed by atoms with Gasteiger partial charge in [0.15, 0.2) is 0 Å². The molecular formula is C11H12F3NO. The Morgan fingerprint density at radius 1 is 1.25 bits per heavy atom. The van der Waals surface area contributed by atoms with Gasteiger partial charge in [0.2, 0.25) is 0 Å². The third-order valence-electron chi connectivity index (χ3n) is 2.60. The highest BCUT2D eigenvalue weighted by atomic mass is 19.4. The second-order valence-corrected chi connectivity index (χ2v) is 4.00. The molecule has 88 valence electrons. The molecule has 0 aliphatic heterocycles. The summed E-state index contributed by atoms with van der Waals surface area (Å²) in [4.78, 5) is 0. The Labute approximate surface area is 91.2 Å². The Balaban J connectivity index is 2.05. The van der Waals surface area contributed by atoms with E-state index in [0.717, 1.165) is 12.1 Å². The van der Waals surface area contributed by atoms with Crippen molar-refractivity contribution >= 4 is 0 Å². The Hall–Kier alpha value is -1.23. The van der Waals surface area contributed by atoms with Gasteiger partial charge in [0.1, 0.15) is 11.9 Å². The molecule has 1 saturated carbocycles. The summed E-state index contributed by atoms with van der Waals surface area (Å²) in [6.07, 6.45) is -2.96. The normalized spacial score (nSPS) is 25.0. The van der Waals surface area contributed by atoms with Gasteiger partial charge < -0.3 is 10.5 Å². The van der Waals surface area contributed by atoms with Crippen LogP contribution in [-0.2, 0) is 6.18 Å². The van der Waals surface area contributed by atoms with E-state index in [1.54, 1.807) is 0 Å². The fourth-order valence-corrected chi connectivity index (χ4v) is 1.64. The van der Waals surface area contributed by atoms with Crippen molar-refractivity contribution in [3.63, 3.8) is 0 Å². The maximum absolute atomic E-state index is 12.4. The molecule has 0 saturated heterocycles. The highest BCUT2D eigenvalue weighted by Crippen LogP contribution is 2.32. The molecule has 0 radical (unpaired) electrons. The number of hydrogen-bond donors (Lipinski definition) is 1. The zero-order chi connectivity index (χ0) is 11.8. The van der Waals surface area contributed by atoms with Gasteiger partial charge in [-0.3, -0.25) is 0 Å². The minimum Gasteiger partial charge on any atom is -0.490 e. The van der Waals surface area contributed by atoms with E-state index in [2.05, 4.69) is 0 Å². The van der Waals surface area contributed by atoms with Gasteiger partial charge in [-0.25, -0.2) is 0 Å². The first-order valence-electron chi connectivity index (χ1n) is 5.04. The van der Waals surface area contributed by atoms with Gasteiger partial charge in [0, 0.05) is 6.04 Å². The van der Waals surface area contributed by atoms with E-state index in [1.807, 2.05) is 0 Å². The first-order valence-corrected chi connectivity index (χ1v) is 5.04. The molecule has 0 amide bonds. The van der Waals surface area contributed by atoms with E-state index in [9.17, 15) is 13.2 Å². The lowest BCUT2D eigenvalue weighted by Crippen LogP contribution is -2.43. The van der Waals surface area contributed by atoms with Crippen molar-refractivity contribution in [2.45, 2.75) is 31.2 Å². The molecule has 0 bridgehead atoms. The second kappa shape index (κ2) is 3.97. The molecule has 1 aliphatic carbocycles. The van der Waals surface area contributed by atoms with Crippen LogP contribution < -0.4 is 10.5 Å². The average molecular weight is 231 g/mol. The number of benzene rings is 1. The highest BCUT2D eigenvalue weighted by Gasteiger charge is 2.32. The largest absolute Gasteiger partial charge is 0.490 e. The van der Waals surface area contributed by atoms with E-state index >= 15 is 0 Å². The highest BCUT2D eigenvalue weighted by molar-refractivity contribution is 5.30. The van der Waals surface area contributed by atoms with E-state index in [4.69, 9.17) is 10.5 Å². The third kappa shape index (κ3) is 2.47. The van der Waals surface area contributed by atoms with Gasteiger partial charge in [0.05, 0.1) is 5.56 Å². The maximum Gasteiger partial charge on any atom is 0.416 e. The lowest BCUT2D eigenvalue weighted by Gasteiger charge is -2.32. The van der Waals surface area contributed by atoms with Crippen LogP contribution in [0.2, 0.25) is 0 Å². The molecule has 0 heterocycles. The molecule has 2 N–H and O–H groups in total. The Bertz CT molecular complexity index is 372. The van der Waals surface area contributed by atoms with Crippen LogP contribution in [0.1, 0.15) is 18.4 Å². The van der Waals surface area contributed by atoms with E-state index in [-0.39, 0.29) is 17.9 Å². The van der Waals surface area contributed by atoms with E-state index in [1.165, 1.54) is 12.1 Å². The van der Waals surface area contributed by atoms with Crippen molar-refractivity contribution in [3.8, 4) is 5.75 Å². The predicted molar refractivity (Wildman–Crippen MR) is 53.1 cm³/mol. The van der Waals surface area contributed by atoms with Crippen LogP contribution in [0.25, 0.3) is 0 Å². The summed E-state index contributed by atoms with van der Waals surface area (Å²) in [6, 6.07) is 5.04. The van der Waals surface area contributed by atoms with Crippen LogP contribution in [0, 0.1) is 0 Å². The predicted octanol–water partition coefficient (Wildman–Crippen LogP) is 2.57. The number of alkyl halides is 3. The second-order valence-electron chi connectivity index (χ2n) is 4.00. The molecule has 0 aromatic heterocycles. The van der Waals surface area contributed by atoms with Crippen LogP contribution in [0.5, 0.6) is 5.75 Å². The van der Waals surface area contributed by atoms with Crippen molar-refractivity contribution in [1.29, 1.82) is 0 Å². The fourth-order valence-electron chi connectivity index (χ4n) is 1.64. The van der Waals surface area contributed by atoms with Crippen LogP contribution in [0.3, 0.4) is 0 Å². The maximum atomic E-state index is 12.4. The molecule has 0 spiro atoms. The zero-order valence-electron chi connectivity index (χ0n) is 8.50. The Morgan fingerprint density at radius 2 is 1.94 bits per heavy atom. The van der Waals surface area contributed by atoms with Gasteiger partial charge in [-0.05, 0) is 31.0 Å². The summed E-state index contributed by atoms with van der Waals surface area (Å²) in [7, 11) is 0. The summed E-state index contributed by atoms with van der Waals surface area (Å²) in [6.45, 7) is 0. The van der Waals surface area contributed by atoms with Crippen LogP contribution in [0.4, 0.5) is 13.2 Å². The van der Waals surface area contributed by atoms with Crippen molar-refractivity contribution in [1.82, 2.24) is 0 Å². The summed E-state index contributed by atoms with van der Waals surface area (Å²) >= 11 is 0. The molecule has 16 heavy (non-hydrogen) atoms. The lowest BCUT2D eigenvalue weighted by atomic mass is 9.90. The molecule has 1 aliphatic rings. The quantitative estimate of drug-likeness (QED) is 0.849. The molecule has 1 aromatic rings. The molecule has 2 nitrogen and oxygen atoms in total. The van der Waals surface area contributed by atoms with Crippen LogP contribution in [-0.4, -0.2) is 12.1 Å². The van der Waals surface area contributed by atoms with Gasteiger partial charge in [-0.2, -0.15) is 13.2 Å². The molecule has 2 rings (SSSR count). The van der Waals surface area contributed by atoms with Gasteiger partial charge in [-0.15, -0.1) is 0 Å². The minimum absolute atomic E-state index is 0.0431. The first kappa shape index (κ1) is 11.3. The van der Waals surface area contributed by atoms with Crippen molar-refractivity contribution in [2.24, 2.45) is 5.73 Å². The van der Waals surface area contributed by atoms with Gasteiger partial charge >= 0.3 is 6.18 Å². The Kier molecular flexibility index (Phi) is 2.80. The van der Waals surface area contributed by atoms with Gasteiger partial charge in [-0.1, -0.05) is 6.07 Å². The van der Waals surface area contributed by atoms with Crippen molar-refractivity contribution in [3.05, 3.63) is 29.8 Å². The monoisotopic (exact) mass is 231 g/mol. The number of ether oxygens (including phenoxy) is 1. The molecule has 5 heteroatoms. The smallest absolute Gasteiger partial charge is 0.416 e. The molecule has 0 atom stereocenters. The molecular weight excluding hydrogens is 219 g/mol. The number of rotatable bonds is 2. The van der Waals surface area contributed by atoms with E-state index < -0.39 is 11.7 Å². The summed E-state index contributed by atoms with van der Waals surface area (Å²) in [5, 5.41) is 0. The minimum atomic E-state index is -4.32. The number of hydrogen-bond acceptors (Lipinski definition) is 2. The average Bonchev–Trinajstić information content (AvgIpc) is 2.14. The summed E-state index contributed by atoms with van der Waals surface area (Å²) in [5.41, 5.74) is 4.88. The summed E-state index contributed by atoms with van der Waals surface area (Å²) < 4.78 is 42.5. The lowest BCUT2D eigenvalue weighted by molar-refractivity contribution is -0.137. The van der Waals surface area contributed by atoms with Crippen molar-refractivity contribution in [2.75, 3.05) is 0 Å². The number of halogens is 3.